The van der Waals surface area contributed by atoms with Gasteiger partial charge in [-0.25, -0.2) is 9.37 Å². The average molecular weight is 279 g/mol. The van der Waals surface area contributed by atoms with Crippen LogP contribution >= 0.6 is 11.3 Å². The number of anilines is 1. The zero-order chi connectivity index (χ0) is 14.0. The van der Waals surface area contributed by atoms with Crippen LogP contribution < -0.4 is 10.6 Å². The van der Waals surface area contributed by atoms with Crippen LogP contribution in [0.15, 0.2) is 23.7 Å². The summed E-state index contributed by atoms with van der Waals surface area (Å²) < 4.78 is 14.1. The number of benzene rings is 1. The molecule has 0 saturated heterocycles. The number of halogens is 1. The zero-order valence-corrected chi connectivity index (χ0v) is 12.2. The summed E-state index contributed by atoms with van der Waals surface area (Å²) in [5.41, 5.74) is 9.96. The van der Waals surface area contributed by atoms with Gasteiger partial charge in [0.1, 0.15) is 5.82 Å². The molecule has 1 atom stereocenters. The smallest absolute Gasteiger partial charge is 0.146 e. The summed E-state index contributed by atoms with van der Waals surface area (Å²) in [6.45, 7) is 4.47. The Hall–Kier alpha value is -1.46. The Bertz CT molecular complexity index is 566. The largest absolute Gasteiger partial charge is 0.367 e. The Labute approximate surface area is 116 Å². The zero-order valence-electron chi connectivity index (χ0n) is 11.4. The van der Waals surface area contributed by atoms with Crippen LogP contribution in [0.4, 0.5) is 10.1 Å². The predicted molar refractivity (Wildman–Crippen MR) is 78.0 cm³/mol. The summed E-state index contributed by atoms with van der Waals surface area (Å²) in [4.78, 5) is 7.25. The van der Waals surface area contributed by atoms with Crippen LogP contribution in [0.1, 0.15) is 29.1 Å². The molecule has 1 heterocycles. The number of hydrogen-bond donors (Lipinski definition) is 1. The highest BCUT2D eigenvalue weighted by Gasteiger charge is 2.12. The lowest BCUT2D eigenvalue weighted by atomic mass is 10.1. The van der Waals surface area contributed by atoms with E-state index in [1.165, 1.54) is 6.07 Å². The molecule has 5 heteroatoms. The number of nitrogens with two attached hydrogens (primary N) is 1. The maximum absolute atomic E-state index is 14.1. The van der Waals surface area contributed by atoms with E-state index < -0.39 is 0 Å². The van der Waals surface area contributed by atoms with E-state index in [2.05, 4.69) is 4.98 Å². The normalized spacial score (nSPS) is 12.5. The van der Waals surface area contributed by atoms with E-state index in [1.807, 2.05) is 37.4 Å². The van der Waals surface area contributed by atoms with Crippen LogP contribution in [0.5, 0.6) is 0 Å². The van der Waals surface area contributed by atoms with Gasteiger partial charge in [-0.15, -0.1) is 11.3 Å². The molecule has 2 N–H and O–H groups in total. The van der Waals surface area contributed by atoms with Gasteiger partial charge in [0, 0.05) is 18.0 Å². The molecule has 0 saturated carbocycles. The van der Waals surface area contributed by atoms with E-state index in [-0.39, 0.29) is 11.9 Å². The molecule has 0 aliphatic carbocycles. The molecule has 0 unspecified atom stereocenters. The molecule has 2 rings (SSSR count). The minimum Gasteiger partial charge on any atom is -0.367 e. The first-order valence-electron chi connectivity index (χ1n) is 6.14. The van der Waals surface area contributed by atoms with Crippen molar-refractivity contribution in [2.24, 2.45) is 5.73 Å². The number of aryl methyl sites for hydroxylation is 1. The molecule has 0 radical (unpaired) electrons. The highest BCUT2D eigenvalue weighted by Crippen LogP contribution is 2.24. The Morgan fingerprint density at radius 2 is 2.21 bits per heavy atom. The molecular weight excluding hydrogens is 261 g/mol. The van der Waals surface area contributed by atoms with E-state index >= 15 is 0 Å². The van der Waals surface area contributed by atoms with Gasteiger partial charge in [-0.1, -0.05) is 6.07 Å². The van der Waals surface area contributed by atoms with Crippen molar-refractivity contribution in [3.8, 4) is 0 Å². The lowest BCUT2D eigenvalue weighted by molar-refractivity contribution is 0.617. The number of thiazole rings is 1. The maximum atomic E-state index is 14.1. The van der Waals surface area contributed by atoms with Crippen molar-refractivity contribution < 1.29 is 4.39 Å². The van der Waals surface area contributed by atoms with Crippen LogP contribution in [0.25, 0.3) is 0 Å². The van der Waals surface area contributed by atoms with Gasteiger partial charge < -0.3 is 10.6 Å². The SMILES string of the molecule is Cc1ncsc1CN(C)c1ccc([C@@H](C)N)cc1F. The summed E-state index contributed by atoms with van der Waals surface area (Å²) in [7, 11) is 1.88. The first kappa shape index (κ1) is 14.0. The lowest BCUT2D eigenvalue weighted by Gasteiger charge is -2.20. The maximum Gasteiger partial charge on any atom is 0.146 e. The summed E-state index contributed by atoms with van der Waals surface area (Å²) in [6, 6.07) is 5.01. The van der Waals surface area contributed by atoms with Crippen molar-refractivity contribution in [2.75, 3.05) is 11.9 Å². The van der Waals surface area contributed by atoms with Crippen molar-refractivity contribution >= 4 is 17.0 Å². The van der Waals surface area contributed by atoms with Crippen molar-refractivity contribution in [1.29, 1.82) is 0 Å². The van der Waals surface area contributed by atoms with Crippen LogP contribution in [0.2, 0.25) is 0 Å². The summed E-state index contributed by atoms with van der Waals surface area (Å²) in [5, 5.41) is 0. The van der Waals surface area contributed by atoms with Crippen LogP contribution in [0, 0.1) is 12.7 Å². The van der Waals surface area contributed by atoms with Gasteiger partial charge in [-0.2, -0.15) is 0 Å². The summed E-state index contributed by atoms with van der Waals surface area (Å²) >= 11 is 1.59. The van der Waals surface area contributed by atoms with Gasteiger partial charge in [0.15, 0.2) is 0 Å². The molecule has 0 amide bonds. The minimum absolute atomic E-state index is 0.155. The van der Waals surface area contributed by atoms with Gasteiger partial charge >= 0.3 is 0 Å². The topological polar surface area (TPSA) is 42.2 Å². The second kappa shape index (κ2) is 5.67. The van der Waals surface area contributed by atoms with E-state index in [9.17, 15) is 4.39 Å². The molecule has 0 spiro atoms. The van der Waals surface area contributed by atoms with Gasteiger partial charge in [0.25, 0.3) is 0 Å². The molecule has 0 bridgehead atoms. The second-order valence-electron chi connectivity index (χ2n) is 4.72. The molecule has 19 heavy (non-hydrogen) atoms. The molecule has 102 valence electrons. The Balaban J connectivity index is 2.20. The summed E-state index contributed by atoms with van der Waals surface area (Å²) in [6.07, 6.45) is 0. The highest BCUT2D eigenvalue weighted by atomic mass is 32.1. The Kier molecular flexibility index (Phi) is 4.17. The lowest BCUT2D eigenvalue weighted by Crippen LogP contribution is -2.18. The Morgan fingerprint density at radius 1 is 1.47 bits per heavy atom. The highest BCUT2D eigenvalue weighted by molar-refractivity contribution is 7.09. The molecule has 0 aliphatic heterocycles. The second-order valence-corrected chi connectivity index (χ2v) is 5.66. The van der Waals surface area contributed by atoms with Crippen LogP contribution in [-0.2, 0) is 6.54 Å². The van der Waals surface area contributed by atoms with Crippen molar-refractivity contribution in [3.63, 3.8) is 0 Å². The van der Waals surface area contributed by atoms with Gasteiger partial charge in [0.05, 0.1) is 23.4 Å². The van der Waals surface area contributed by atoms with E-state index in [4.69, 9.17) is 5.73 Å². The number of hydrogen-bond acceptors (Lipinski definition) is 4. The first-order valence-corrected chi connectivity index (χ1v) is 7.02. The van der Waals surface area contributed by atoms with Crippen molar-refractivity contribution in [1.82, 2.24) is 4.98 Å². The third-order valence-electron chi connectivity index (χ3n) is 3.13. The molecule has 2 aromatic rings. The third kappa shape index (κ3) is 3.11. The molecular formula is C14H18FN3S. The molecule has 1 aromatic heterocycles. The fourth-order valence-electron chi connectivity index (χ4n) is 1.89. The molecule has 0 fully saturated rings. The third-order valence-corrected chi connectivity index (χ3v) is 4.05. The van der Waals surface area contributed by atoms with Gasteiger partial charge in [-0.3, -0.25) is 0 Å². The minimum atomic E-state index is -0.237. The Morgan fingerprint density at radius 3 is 2.74 bits per heavy atom. The predicted octanol–water partition coefficient (Wildman–Crippen LogP) is 3.25. The monoisotopic (exact) mass is 279 g/mol. The number of nitrogens with zero attached hydrogens (tertiary/aromatic N) is 2. The van der Waals surface area contributed by atoms with Gasteiger partial charge in [0.2, 0.25) is 0 Å². The average Bonchev–Trinajstić information content (AvgIpc) is 2.74. The summed E-state index contributed by atoms with van der Waals surface area (Å²) in [5.74, 6) is -0.237. The quantitative estimate of drug-likeness (QED) is 0.934. The van der Waals surface area contributed by atoms with E-state index in [0.717, 1.165) is 16.1 Å². The number of rotatable bonds is 4. The number of aromatic nitrogens is 1. The molecule has 1 aromatic carbocycles. The molecule has 0 aliphatic rings. The van der Waals surface area contributed by atoms with Crippen molar-refractivity contribution in [2.45, 2.75) is 26.4 Å². The fourth-order valence-corrected chi connectivity index (χ4v) is 2.72. The standard InChI is InChI=1S/C14H18FN3S/c1-9(16)11-4-5-13(12(15)6-11)18(3)7-14-10(2)17-8-19-14/h4-6,8-9H,7,16H2,1-3H3/t9-/m1/s1. The fraction of sp³-hybridized carbons (Fsp3) is 0.357. The van der Waals surface area contributed by atoms with Gasteiger partial charge in [-0.05, 0) is 31.5 Å². The van der Waals surface area contributed by atoms with Crippen LogP contribution in [-0.4, -0.2) is 12.0 Å². The molecule has 3 nitrogen and oxygen atoms in total. The van der Waals surface area contributed by atoms with E-state index in [1.54, 1.807) is 17.4 Å². The van der Waals surface area contributed by atoms with Crippen molar-refractivity contribution in [3.05, 3.63) is 45.7 Å². The van der Waals surface area contributed by atoms with E-state index in [0.29, 0.717) is 12.2 Å². The first-order chi connectivity index (χ1) is 8.99. The van der Waals surface area contributed by atoms with Crippen LogP contribution in [0.3, 0.4) is 0 Å².